The molecule has 1 amide bonds. The van der Waals surface area contributed by atoms with E-state index in [9.17, 15) is 9.59 Å². The van der Waals surface area contributed by atoms with Crippen LogP contribution >= 0.6 is 11.6 Å². The number of likely N-dealkylation sites (N-methyl/N-ethyl adjacent to an activating group) is 1. The van der Waals surface area contributed by atoms with E-state index in [4.69, 9.17) is 21.4 Å². The van der Waals surface area contributed by atoms with Crippen LogP contribution < -0.4 is 4.74 Å². The zero-order chi connectivity index (χ0) is 16.0. The van der Waals surface area contributed by atoms with E-state index in [1.807, 2.05) is 13.8 Å². The van der Waals surface area contributed by atoms with Crippen molar-refractivity contribution in [1.29, 1.82) is 0 Å². The minimum absolute atomic E-state index is 0.230. The number of ether oxygens (including phenoxy) is 1. The third-order valence-electron chi connectivity index (χ3n) is 2.60. The summed E-state index contributed by atoms with van der Waals surface area (Å²) in [6.45, 7) is 6.09. The molecule has 0 aliphatic carbocycles. The highest BCUT2D eigenvalue weighted by molar-refractivity contribution is 6.32. The van der Waals surface area contributed by atoms with Gasteiger partial charge >= 0.3 is 5.97 Å². The fraction of sp³-hybridized carbons (Fsp3) is 0.500. The van der Waals surface area contributed by atoms with Crippen LogP contribution in [0.1, 0.15) is 31.1 Å². The van der Waals surface area contributed by atoms with E-state index >= 15 is 0 Å². The monoisotopic (exact) mass is 314 g/mol. The summed E-state index contributed by atoms with van der Waals surface area (Å²) in [6.07, 6.45) is 1.34. The first-order valence-corrected chi connectivity index (χ1v) is 7.02. The average Bonchev–Trinajstić information content (AvgIpc) is 2.42. The van der Waals surface area contributed by atoms with E-state index < -0.39 is 11.9 Å². The maximum atomic E-state index is 12.2. The summed E-state index contributed by atoms with van der Waals surface area (Å²) in [5, 5.41) is 9.01. The van der Waals surface area contributed by atoms with Crippen LogP contribution in [-0.4, -0.2) is 46.6 Å². The highest BCUT2D eigenvalue weighted by Crippen LogP contribution is 2.23. The van der Waals surface area contributed by atoms with E-state index in [2.05, 4.69) is 4.98 Å². The molecule has 0 aromatic carbocycles. The van der Waals surface area contributed by atoms with E-state index in [1.54, 1.807) is 6.92 Å². The summed E-state index contributed by atoms with van der Waals surface area (Å²) >= 11 is 6.04. The first kappa shape index (κ1) is 17.2. The molecule has 21 heavy (non-hydrogen) atoms. The van der Waals surface area contributed by atoms with Crippen LogP contribution in [0, 0.1) is 5.92 Å². The molecule has 0 aliphatic rings. The van der Waals surface area contributed by atoms with Crippen molar-refractivity contribution in [1.82, 2.24) is 9.88 Å². The number of halogens is 1. The second-order valence-corrected chi connectivity index (χ2v) is 5.34. The molecule has 1 rings (SSSR count). The van der Waals surface area contributed by atoms with E-state index in [-0.39, 0.29) is 29.6 Å². The van der Waals surface area contributed by atoms with Crippen LogP contribution in [0.5, 0.6) is 5.88 Å². The van der Waals surface area contributed by atoms with E-state index in [0.717, 1.165) is 0 Å². The Labute approximate surface area is 128 Å². The molecule has 116 valence electrons. The lowest BCUT2D eigenvalue weighted by Crippen LogP contribution is -2.35. The lowest BCUT2D eigenvalue weighted by molar-refractivity contribution is -0.137. The maximum absolute atomic E-state index is 12.2. The van der Waals surface area contributed by atoms with Crippen molar-refractivity contribution < 1.29 is 19.4 Å². The number of amides is 1. The number of carboxylic acid groups (broad SMARTS) is 1. The third kappa shape index (κ3) is 5.23. The molecule has 1 heterocycles. The molecule has 1 aromatic rings. The molecule has 0 atom stereocenters. The average molecular weight is 315 g/mol. The van der Waals surface area contributed by atoms with Crippen LogP contribution in [0.25, 0.3) is 0 Å². The highest BCUT2D eigenvalue weighted by Gasteiger charge is 2.18. The van der Waals surface area contributed by atoms with Gasteiger partial charge in [-0.2, -0.15) is 0 Å². The van der Waals surface area contributed by atoms with Crippen molar-refractivity contribution in [3.05, 3.63) is 22.8 Å². The minimum atomic E-state index is -1.07. The van der Waals surface area contributed by atoms with Crippen molar-refractivity contribution in [2.75, 3.05) is 19.7 Å². The van der Waals surface area contributed by atoms with Crippen molar-refractivity contribution in [2.24, 2.45) is 5.92 Å². The molecule has 0 radical (unpaired) electrons. The number of aromatic nitrogens is 1. The normalized spacial score (nSPS) is 10.5. The number of hydrogen-bond donors (Lipinski definition) is 1. The van der Waals surface area contributed by atoms with Crippen molar-refractivity contribution in [3.8, 4) is 5.88 Å². The number of carboxylic acids is 1. The molecule has 6 nitrogen and oxygen atoms in total. The molecule has 0 saturated carbocycles. The molecular formula is C14H19ClN2O4. The maximum Gasteiger partial charge on any atom is 0.323 e. The summed E-state index contributed by atoms with van der Waals surface area (Å²) in [5.74, 6) is -0.899. The van der Waals surface area contributed by atoms with Gasteiger partial charge in [-0.25, -0.2) is 4.98 Å². The summed E-state index contributed by atoms with van der Waals surface area (Å²) < 4.78 is 5.42. The SMILES string of the molecule is CCN(CC(=O)O)C(=O)c1cnc(OCC(C)C)c(Cl)c1. The smallest absolute Gasteiger partial charge is 0.323 e. The predicted molar refractivity (Wildman–Crippen MR) is 78.8 cm³/mol. The van der Waals surface area contributed by atoms with Gasteiger partial charge in [0.15, 0.2) is 0 Å². The summed E-state index contributed by atoms with van der Waals surface area (Å²) in [6, 6.07) is 1.44. The molecular weight excluding hydrogens is 296 g/mol. The van der Waals surface area contributed by atoms with Crippen LogP contribution in [0.15, 0.2) is 12.3 Å². The Balaban J connectivity index is 2.86. The zero-order valence-electron chi connectivity index (χ0n) is 12.3. The van der Waals surface area contributed by atoms with Gasteiger partial charge in [0.1, 0.15) is 11.6 Å². The summed E-state index contributed by atoms with van der Waals surface area (Å²) in [7, 11) is 0. The fourth-order valence-electron chi connectivity index (χ4n) is 1.57. The summed E-state index contributed by atoms with van der Waals surface area (Å²) in [4.78, 5) is 28.1. The molecule has 0 aliphatic heterocycles. The standard InChI is InChI=1S/C14H19ClN2O4/c1-4-17(7-12(18)19)14(20)10-5-11(15)13(16-6-10)21-8-9(2)3/h5-6,9H,4,7-8H2,1-3H3,(H,18,19). The number of rotatable bonds is 7. The lowest BCUT2D eigenvalue weighted by atomic mass is 10.2. The molecule has 0 saturated heterocycles. The van der Waals surface area contributed by atoms with E-state index in [0.29, 0.717) is 12.5 Å². The van der Waals surface area contributed by atoms with Gasteiger partial charge in [-0.15, -0.1) is 0 Å². The quantitative estimate of drug-likeness (QED) is 0.835. The number of pyridine rings is 1. The Morgan fingerprint density at radius 2 is 2.14 bits per heavy atom. The Kier molecular flexibility index (Phi) is 6.42. The van der Waals surface area contributed by atoms with Gasteiger partial charge in [0.25, 0.3) is 5.91 Å². The Morgan fingerprint density at radius 3 is 2.62 bits per heavy atom. The largest absolute Gasteiger partial charge is 0.480 e. The van der Waals surface area contributed by atoms with Crippen LogP contribution in [0.2, 0.25) is 5.02 Å². The number of hydrogen-bond acceptors (Lipinski definition) is 4. The van der Waals surface area contributed by atoms with E-state index in [1.165, 1.54) is 17.2 Å². The van der Waals surface area contributed by atoms with Crippen LogP contribution in [0.4, 0.5) is 0 Å². The second-order valence-electron chi connectivity index (χ2n) is 4.93. The number of carbonyl (C=O) groups excluding carboxylic acids is 1. The van der Waals surface area contributed by atoms with Gasteiger partial charge in [-0.05, 0) is 18.9 Å². The topological polar surface area (TPSA) is 79.7 Å². The van der Waals surface area contributed by atoms with Gasteiger partial charge in [0.2, 0.25) is 5.88 Å². The van der Waals surface area contributed by atoms with Gasteiger partial charge in [0.05, 0.1) is 12.2 Å². The molecule has 0 fully saturated rings. The first-order valence-electron chi connectivity index (χ1n) is 6.64. The molecule has 1 N–H and O–H groups in total. The predicted octanol–water partition coefficient (Wildman–Crippen LogP) is 2.32. The van der Waals surface area contributed by atoms with Crippen molar-refractivity contribution >= 4 is 23.5 Å². The Hall–Kier alpha value is -1.82. The molecule has 0 bridgehead atoms. The minimum Gasteiger partial charge on any atom is -0.480 e. The fourth-order valence-corrected chi connectivity index (χ4v) is 1.79. The van der Waals surface area contributed by atoms with Gasteiger partial charge in [0, 0.05) is 12.7 Å². The first-order chi connectivity index (χ1) is 9.85. The number of carbonyl (C=O) groups is 2. The highest BCUT2D eigenvalue weighted by atomic mass is 35.5. The van der Waals surface area contributed by atoms with Crippen LogP contribution in [-0.2, 0) is 4.79 Å². The Bertz CT molecular complexity index is 520. The van der Waals surface area contributed by atoms with Gasteiger partial charge < -0.3 is 14.7 Å². The van der Waals surface area contributed by atoms with Crippen molar-refractivity contribution in [2.45, 2.75) is 20.8 Å². The number of nitrogens with zero attached hydrogens (tertiary/aromatic N) is 2. The summed E-state index contributed by atoms with van der Waals surface area (Å²) in [5.41, 5.74) is 0.236. The third-order valence-corrected chi connectivity index (χ3v) is 2.87. The van der Waals surface area contributed by atoms with Crippen LogP contribution in [0.3, 0.4) is 0 Å². The molecule has 1 aromatic heterocycles. The molecule has 0 spiro atoms. The van der Waals surface area contributed by atoms with Gasteiger partial charge in [-0.1, -0.05) is 25.4 Å². The van der Waals surface area contributed by atoms with Gasteiger partial charge in [-0.3, -0.25) is 9.59 Å². The van der Waals surface area contributed by atoms with Crippen molar-refractivity contribution in [3.63, 3.8) is 0 Å². The molecule has 7 heteroatoms. The second kappa shape index (κ2) is 7.83. The Morgan fingerprint density at radius 1 is 1.48 bits per heavy atom. The number of aliphatic carboxylic acids is 1. The molecule has 0 unspecified atom stereocenters. The lowest BCUT2D eigenvalue weighted by Gasteiger charge is -2.18. The zero-order valence-corrected chi connectivity index (χ0v) is 13.1.